The van der Waals surface area contributed by atoms with Gasteiger partial charge in [-0.15, -0.1) is 0 Å². The van der Waals surface area contributed by atoms with Gasteiger partial charge in [-0.25, -0.2) is 0 Å². The van der Waals surface area contributed by atoms with Crippen LogP contribution in [-0.2, 0) is 0 Å². The lowest BCUT2D eigenvalue weighted by atomic mass is 9.91. The second-order valence-corrected chi connectivity index (χ2v) is 2.70. The smallest absolute Gasteiger partial charge is 0.0273 e. The van der Waals surface area contributed by atoms with E-state index in [2.05, 4.69) is 19.9 Å². The lowest BCUT2D eigenvalue weighted by molar-refractivity contribution is 0.510. The molecule has 1 aliphatic rings. The molecule has 0 N–H and O–H groups in total. The normalized spacial score (nSPS) is 40.8. The first-order valence-corrected chi connectivity index (χ1v) is 3.28. The SMILES string of the molecule is [3H]C1CC=C(C)C[C@@H]1C. The molecule has 0 bridgehead atoms. The third-order valence-electron chi connectivity index (χ3n) is 1.65. The van der Waals surface area contributed by atoms with Crippen molar-refractivity contribution in [2.24, 2.45) is 5.92 Å². The Kier molecular flexibility index (Phi) is 1.35. The van der Waals surface area contributed by atoms with Crippen molar-refractivity contribution in [3.8, 4) is 0 Å². The first kappa shape index (κ1) is 4.60. The zero-order chi connectivity index (χ0) is 6.85. The van der Waals surface area contributed by atoms with E-state index in [9.17, 15) is 0 Å². The van der Waals surface area contributed by atoms with Gasteiger partial charge < -0.3 is 0 Å². The van der Waals surface area contributed by atoms with Crippen LogP contribution in [-0.4, -0.2) is 0 Å². The van der Waals surface area contributed by atoms with Crippen LogP contribution in [0.2, 0.25) is 0 Å². The van der Waals surface area contributed by atoms with Gasteiger partial charge in [0.15, 0.2) is 0 Å². The summed E-state index contributed by atoms with van der Waals surface area (Å²) in [5.74, 6) is 0.579. The van der Waals surface area contributed by atoms with Crippen LogP contribution in [0.3, 0.4) is 0 Å². The van der Waals surface area contributed by atoms with Crippen molar-refractivity contribution in [1.29, 1.82) is 0 Å². The van der Waals surface area contributed by atoms with E-state index in [0.717, 1.165) is 12.8 Å². The number of hydrogen-bond donors (Lipinski definition) is 0. The third kappa shape index (κ3) is 1.36. The highest BCUT2D eigenvalue weighted by Crippen LogP contribution is 2.22. The van der Waals surface area contributed by atoms with E-state index in [0.29, 0.717) is 5.92 Å². The van der Waals surface area contributed by atoms with Gasteiger partial charge in [0, 0.05) is 1.37 Å². The predicted molar refractivity (Wildman–Crippen MR) is 36.8 cm³/mol. The maximum absolute atomic E-state index is 7.52. The van der Waals surface area contributed by atoms with E-state index in [1.807, 2.05) is 0 Å². The highest BCUT2D eigenvalue weighted by atomic mass is 14.1. The summed E-state index contributed by atoms with van der Waals surface area (Å²) in [6.45, 7) is 4.32. The summed E-state index contributed by atoms with van der Waals surface area (Å²) >= 11 is 0. The van der Waals surface area contributed by atoms with Crippen molar-refractivity contribution in [3.63, 3.8) is 0 Å². The average molecular weight is 112 g/mol. The van der Waals surface area contributed by atoms with E-state index in [1.54, 1.807) is 0 Å². The molecule has 0 aliphatic heterocycles. The highest BCUT2D eigenvalue weighted by molar-refractivity contribution is 5.02. The monoisotopic (exact) mass is 112 g/mol. The van der Waals surface area contributed by atoms with Crippen LogP contribution in [0, 0.1) is 5.92 Å². The molecule has 8 heavy (non-hydrogen) atoms. The molecule has 2 atom stereocenters. The van der Waals surface area contributed by atoms with E-state index in [4.69, 9.17) is 1.37 Å². The number of hydrogen-bond acceptors (Lipinski definition) is 0. The molecule has 0 heteroatoms. The molecule has 1 rings (SSSR count). The molecule has 0 aromatic rings. The second-order valence-electron chi connectivity index (χ2n) is 2.70. The maximum Gasteiger partial charge on any atom is 0.0273 e. The van der Waals surface area contributed by atoms with Gasteiger partial charge >= 0.3 is 0 Å². The van der Waals surface area contributed by atoms with Gasteiger partial charge in [0.2, 0.25) is 0 Å². The number of allylic oxidation sites excluding steroid dienone is 2. The Morgan fingerprint density at radius 2 is 2.62 bits per heavy atom. The van der Waals surface area contributed by atoms with Gasteiger partial charge in [0.25, 0.3) is 0 Å². The van der Waals surface area contributed by atoms with Crippen molar-refractivity contribution in [2.75, 3.05) is 0 Å². The Bertz CT molecular complexity index is 127. The molecule has 0 heterocycles. The van der Waals surface area contributed by atoms with Crippen LogP contribution < -0.4 is 0 Å². The molecule has 0 saturated heterocycles. The van der Waals surface area contributed by atoms with E-state index < -0.39 is 0 Å². The van der Waals surface area contributed by atoms with Crippen LogP contribution in [0.4, 0.5) is 0 Å². The molecule has 0 aromatic heterocycles. The van der Waals surface area contributed by atoms with Gasteiger partial charge in [-0.1, -0.05) is 18.6 Å². The molecule has 0 aromatic carbocycles. The highest BCUT2D eigenvalue weighted by Gasteiger charge is 2.05. The average Bonchev–Trinajstić information content (AvgIpc) is 1.80. The Labute approximate surface area is 53.0 Å². The first-order valence-electron chi connectivity index (χ1n) is 3.86. The van der Waals surface area contributed by atoms with Crippen LogP contribution in [0.1, 0.15) is 34.5 Å². The fourth-order valence-corrected chi connectivity index (χ4v) is 1.18. The van der Waals surface area contributed by atoms with Gasteiger partial charge in [-0.05, 0) is 32.1 Å². The zero-order valence-electron chi connectivity index (χ0n) is 6.65. The summed E-state index contributed by atoms with van der Waals surface area (Å²) in [5.41, 5.74) is 1.46. The predicted octanol–water partition coefficient (Wildman–Crippen LogP) is 2.75. The molecule has 46 valence electrons. The fourth-order valence-electron chi connectivity index (χ4n) is 1.18. The Morgan fingerprint density at radius 1 is 1.88 bits per heavy atom. The van der Waals surface area contributed by atoms with E-state index >= 15 is 0 Å². The summed E-state index contributed by atoms with van der Waals surface area (Å²) in [4.78, 5) is 0. The fraction of sp³-hybridized carbons (Fsp3) is 0.750. The largest absolute Gasteiger partial charge is 0.0856 e. The molecule has 0 radical (unpaired) electrons. The molecule has 1 aliphatic carbocycles. The standard InChI is InChI=1S/C8H14/c1-7-4-3-5-8(2)6-7/h4,8H,3,5-6H2,1-2H3/t8-/m1/s1/i5T/t5?,8-. The molecule has 0 saturated carbocycles. The maximum atomic E-state index is 7.52. The lowest BCUT2D eigenvalue weighted by Gasteiger charge is -2.15. The van der Waals surface area contributed by atoms with Gasteiger partial charge in [0.1, 0.15) is 0 Å². The van der Waals surface area contributed by atoms with Crippen molar-refractivity contribution >= 4 is 0 Å². The van der Waals surface area contributed by atoms with Crippen LogP contribution >= 0.6 is 0 Å². The Morgan fingerprint density at radius 3 is 3.12 bits per heavy atom. The first-order chi connectivity index (χ1) is 4.20. The molecule has 0 nitrogen and oxygen atoms in total. The Balaban J connectivity index is 2.54. The van der Waals surface area contributed by atoms with Gasteiger partial charge in [-0.2, -0.15) is 0 Å². The van der Waals surface area contributed by atoms with Crippen LogP contribution in [0.15, 0.2) is 11.6 Å². The molecular formula is C8H14. The van der Waals surface area contributed by atoms with Crippen molar-refractivity contribution in [1.82, 2.24) is 0 Å². The summed E-state index contributed by atoms with van der Waals surface area (Å²) in [6.07, 6.45) is 4.45. The summed E-state index contributed by atoms with van der Waals surface area (Å²) < 4.78 is 7.52. The minimum atomic E-state index is 0.161. The van der Waals surface area contributed by atoms with Gasteiger partial charge in [0.05, 0.1) is 0 Å². The van der Waals surface area contributed by atoms with Crippen molar-refractivity contribution in [3.05, 3.63) is 11.6 Å². The molecule has 0 spiro atoms. The number of rotatable bonds is 0. The van der Waals surface area contributed by atoms with Crippen LogP contribution in [0.25, 0.3) is 0 Å². The summed E-state index contributed by atoms with van der Waals surface area (Å²) in [5, 5.41) is 0. The quantitative estimate of drug-likeness (QED) is 0.423. The molecule has 0 fully saturated rings. The van der Waals surface area contributed by atoms with E-state index in [1.165, 1.54) is 5.57 Å². The molecule has 0 amide bonds. The summed E-state index contributed by atoms with van der Waals surface area (Å²) in [7, 11) is 0. The minimum absolute atomic E-state index is 0.161. The van der Waals surface area contributed by atoms with Crippen molar-refractivity contribution < 1.29 is 1.37 Å². The summed E-state index contributed by atoms with van der Waals surface area (Å²) in [6, 6.07) is 0. The third-order valence-corrected chi connectivity index (χ3v) is 1.65. The topological polar surface area (TPSA) is 0 Å². The Hall–Kier alpha value is -0.260. The second kappa shape index (κ2) is 2.34. The van der Waals surface area contributed by atoms with Crippen molar-refractivity contribution in [2.45, 2.75) is 33.1 Å². The van der Waals surface area contributed by atoms with Gasteiger partial charge in [-0.3, -0.25) is 0 Å². The minimum Gasteiger partial charge on any atom is -0.0856 e. The molecular weight excluding hydrogens is 96.1 g/mol. The lowest BCUT2D eigenvalue weighted by Crippen LogP contribution is -1.99. The zero-order valence-corrected chi connectivity index (χ0v) is 5.65. The van der Waals surface area contributed by atoms with E-state index in [-0.39, 0.29) is 6.40 Å². The molecule has 1 unspecified atom stereocenters. The van der Waals surface area contributed by atoms with Crippen LogP contribution in [0.5, 0.6) is 0 Å².